The van der Waals surface area contributed by atoms with Gasteiger partial charge in [0.1, 0.15) is 11.1 Å². The van der Waals surface area contributed by atoms with Crippen LogP contribution in [0.1, 0.15) is 33.9 Å². The third-order valence-corrected chi connectivity index (χ3v) is 8.24. The second-order valence-electron chi connectivity index (χ2n) is 11.4. The summed E-state index contributed by atoms with van der Waals surface area (Å²) < 4.78 is 235. The number of halogens is 16. The van der Waals surface area contributed by atoms with Gasteiger partial charge >= 0.3 is 12.4 Å². The molecule has 0 radical (unpaired) electrons. The van der Waals surface area contributed by atoms with E-state index in [2.05, 4.69) is 19.9 Å². The van der Waals surface area contributed by atoms with Crippen LogP contribution in [0, 0.1) is 58.2 Å². The van der Waals surface area contributed by atoms with Crippen LogP contribution in [-0.4, -0.2) is 19.9 Å². The molecule has 3 aromatic heterocycles. The second-order valence-corrected chi connectivity index (χ2v) is 11.4. The topological polar surface area (TPSA) is 57.4 Å². The van der Waals surface area contributed by atoms with Crippen LogP contribution in [0.3, 0.4) is 0 Å². The van der Waals surface area contributed by atoms with Gasteiger partial charge in [-0.15, -0.1) is 0 Å². The van der Waals surface area contributed by atoms with Gasteiger partial charge in [-0.2, -0.15) is 26.3 Å². The van der Waals surface area contributed by atoms with E-state index in [4.69, 9.17) is 0 Å². The van der Waals surface area contributed by atoms with Gasteiger partial charge in [0.2, 0.25) is 11.6 Å². The molecule has 2 N–H and O–H groups in total. The SMILES string of the molecule is Fc1c(F)c(F)c(-c2c3nc(c(C(F)(F)F)c4ccc([nH]4)c(-c4c(F)c(F)c(F)c(F)c4F)c4nc(c(C(F)(F)F)c5ccc2[nH]5)C=C4)C=C3)c(F)c1F. The third-order valence-electron chi connectivity index (χ3n) is 8.24. The molecule has 54 heavy (non-hydrogen) atoms. The minimum absolute atomic E-state index is 0.555. The van der Waals surface area contributed by atoms with Crippen molar-refractivity contribution in [1.29, 1.82) is 0 Å². The lowest BCUT2D eigenvalue weighted by Crippen LogP contribution is -2.09. The van der Waals surface area contributed by atoms with Crippen molar-refractivity contribution < 1.29 is 70.2 Å². The first kappa shape index (κ1) is 36.3. The minimum Gasteiger partial charge on any atom is -0.354 e. The number of benzene rings is 2. The highest BCUT2D eigenvalue weighted by atomic mass is 19.4. The summed E-state index contributed by atoms with van der Waals surface area (Å²) in [5.74, 6) is -25.4. The van der Waals surface area contributed by atoms with Gasteiger partial charge in [-0.25, -0.2) is 53.9 Å². The molecule has 0 unspecified atom stereocenters. The summed E-state index contributed by atoms with van der Waals surface area (Å²) in [5, 5.41) is 0. The standard InChI is InChI=1S/C34H10F16N4/c35-23-19(24(36)28(40)31(43)27(23)39)17-9-1-5-13(51-9)21(33(45,46)47)14-7-3-11(53-14)18(20-25(37)29(41)32(44)30(42)26(20)38)12-4-8-16(54-12)22(34(48,49)50)15-6-2-10(17)52-15/h1-8,51,54H. The molecule has 2 aromatic carbocycles. The number of nitrogens with one attached hydrogen (secondary N) is 2. The molecule has 2 aliphatic rings. The molecule has 0 aliphatic carbocycles. The first-order valence-corrected chi connectivity index (χ1v) is 14.6. The van der Waals surface area contributed by atoms with Crippen LogP contribution in [0.25, 0.3) is 68.6 Å². The van der Waals surface area contributed by atoms with Crippen molar-refractivity contribution in [2.75, 3.05) is 0 Å². The van der Waals surface area contributed by atoms with Crippen molar-refractivity contribution in [2.24, 2.45) is 0 Å². The molecule has 4 nitrogen and oxygen atoms in total. The number of H-pyrrole nitrogens is 2. The Bertz CT molecular complexity index is 2460. The summed E-state index contributed by atoms with van der Waals surface area (Å²) in [5.41, 5.74) is -17.5. The normalized spacial score (nSPS) is 13.0. The van der Waals surface area contributed by atoms with E-state index in [1.165, 1.54) is 0 Å². The Hall–Kier alpha value is -6.08. The smallest absolute Gasteiger partial charge is 0.354 e. The lowest BCUT2D eigenvalue weighted by atomic mass is 10.0. The highest BCUT2D eigenvalue weighted by Crippen LogP contribution is 2.43. The fourth-order valence-electron chi connectivity index (χ4n) is 5.98. The van der Waals surface area contributed by atoms with E-state index in [9.17, 15) is 52.7 Å². The van der Waals surface area contributed by atoms with Crippen molar-refractivity contribution >= 4 is 46.4 Å². The number of nitrogens with zero attached hydrogens (tertiary/aromatic N) is 2. The van der Waals surface area contributed by atoms with Gasteiger partial charge in [0, 0.05) is 22.2 Å². The molecule has 8 bridgehead atoms. The number of aromatic nitrogens is 4. The molecule has 20 heteroatoms. The van der Waals surface area contributed by atoms with E-state index in [1.807, 2.05) is 0 Å². The van der Waals surface area contributed by atoms with Crippen molar-refractivity contribution in [2.45, 2.75) is 12.4 Å². The maximum absolute atomic E-state index is 15.2. The summed E-state index contributed by atoms with van der Waals surface area (Å²) in [7, 11) is 0. The predicted molar refractivity (Wildman–Crippen MR) is 159 cm³/mol. The summed E-state index contributed by atoms with van der Waals surface area (Å²) in [6.07, 6.45) is -8.57. The molecular formula is C34H10F16N4. The van der Waals surface area contributed by atoms with E-state index < -0.39 is 149 Å². The van der Waals surface area contributed by atoms with Gasteiger partial charge in [-0.3, -0.25) is 0 Å². The molecule has 2 aliphatic heterocycles. The first-order chi connectivity index (χ1) is 25.2. The van der Waals surface area contributed by atoms with Crippen LogP contribution < -0.4 is 0 Å². The van der Waals surface area contributed by atoms with Crippen molar-refractivity contribution in [3.8, 4) is 22.3 Å². The highest BCUT2D eigenvalue weighted by Gasteiger charge is 2.39. The van der Waals surface area contributed by atoms with E-state index in [0.29, 0.717) is 48.6 Å². The average Bonchev–Trinajstić information content (AvgIpc) is 3.93. The summed E-state index contributed by atoms with van der Waals surface area (Å²) in [6.45, 7) is 0. The molecule has 0 amide bonds. The molecule has 0 spiro atoms. The summed E-state index contributed by atoms with van der Waals surface area (Å²) in [4.78, 5) is 11.5. The maximum Gasteiger partial charge on any atom is 0.420 e. The Morgan fingerprint density at radius 1 is 0.333 bits per heavy atom. The zero-order valence-corrected chi connectivity index (χ0v) is 25.6. The first-order valence-electron chi connectivity index (χ1n) is 14.6. The lowest BCUT2D eigenvalue weighted by molar-refractivity contribution is -0.137. The molecule has 278 valence electrons. The zero-order valence-electron chi connectivity index (χ0n) is 25.6. The van der Waals surface area contributed by atoms with Crippen molar-refractivity contribution in [1.82, 2.24) is 19.9 Å². The van der Waals surface area contributed by atoms with E-state index in [0.717, 1.165) is 0 Å². The Kier molecular flexibility index (Phi) is 8.22. The van der Waals surface area contributed by atoms with E-state index in [1.54, 1.807) is 0 Å². The van der Waals surface area contributed by atoms with Crippen molar-refractivity contribution in [3.63, 3.8) is 0 Å². The van der Waals surface area contributed by atoms with Gasteiger partial charge in [-0.1, -0.05) is 0 Å². The summed E-state index contributed by atoms with van der Waals surface area (Å²) in [6, 6.07) is 2.45. The molecule has 5 aromatic rings. The minimum atomic E-state index is -5.45. The van der Waals surface area contributed by atoms with Crippen LogP contribution in [0.15, 0.2) is 24.3 Å². The highest BCUT2D eigenvalue weighted by molar-refractivity contribution is 5.95. The number of alkyl halides is 6. The molecule has 0 saturated heterocycles. The Labute approximate surface area is 287 Å². The van der Waals surface area contributed by atoms with Gasteiger partial charge < -0.3 is 9.97 Å². The lowest BCUT2D eigenvalue weighted by Gasteiger charge is -2.11. The van der Waals surface area contributed by atoms with Crippen LogP contribution in [0.4, 0.5) is 70.2 Å². The van der Waals surface area contributed by atoms with Gasteiger partial charge in [0.25, 0.3) is 0 Å². The van der Waals surface area contributed by atoms with E-state index >= 15 is 17.6 Å². The average molecular weight is 778 g/mol. The number of rotatable bonds is 2. The molecule has 5 heterocycles. The molecule has 0 fully saturated rings. The number of fused-ring (bicyclic) bond motifs is 8. The Morgan fingerprint density at radius 3 is 0.889 bits per heavy atom. The monoisotopic (exact) mass is 778 g/mol. The molecule has 7 rings (SSSR count). The summed E-state index contributed by atoms with van der Waals surface area (Å²) >= 11 is 0. The van der Waals surface area contributed by atoms with E-state index in [-0.39, 0.29) is 0 Å². The van der Waals surface area contributed by atoms with Crippen molar-refractivity contribution in [3.05, 3.63) is 116 Å². The Balaban J connectivity index is 1.76. The number of aromatic amines is 2. The van der Waals surface area contributed by atoms with Crippen LogP contribution in [-0.2, 0) is 12.4 Å². The zero-order chi connectivity index (χ0) is 39.3. The number of hydrogen-bond acceptors (Lipinski definition) is 2. The Morgan fingerprint density at radius 2 is 0.593 bits per heavy atom. The number of hydrogen-bond donors (Lipinski definition) is 2. The van der Waals surface area contributed by atoms with Gasteiger partial charge in [-0.05, 0) is 48.6 Å². The van der Waals surface area contributed by atoms with Crippen LogP contribution in [0.5, 0.6) is 0 Å². The second kappa shape index (κ2) is 12.2. The molecule has 0 atom stereocenters. The predicted octanol–water partition coefficient (Wildman–Crippen LogP) is 11.4. The molecule has 0 saturated carbocycles. The van der Waals surface area contributed by atoms with Crippen LogP contribution in [0.2, 0.25) is 0 Å². The largest absolute Gasteiger partial charge is 0.420 e. The van der Waals surface area contributed by atoms with Crippen LogP contribution >= 0.6 is 0 Å². The van der Waals surface area contributed by atoms with Gasteiger partial charge in [0.15, 0.2) is 46.5 Å². The third kappa shape index (κ3) is 5.49. The fourth-order valence-corrected chi connectivity index (χ4v) is 5.98. The quantitative estimate of drug-likeness (QED) is 0.104. The maximum atomic E-state index is 15.2. The molecular weight excluding hydrogens is 768 g/mol. The van der Waals surface area contributed by atoms with Gasteiger partial charge in [0.05, 0.1) is 44.9 Å². The fraction of sp³-hybridized carbons (Fsp3) is 0.0588.